The maximum absolute atomic E-state index is 11.5. The van der Waals surface area contributed by atoms with Crippen LogP contribution in [-0.2, 0) is 0 Å². The standard InChI is InChI=1S/C11H12N2O4/c1-12-11(14)8-3-2-4-9(10(8)13(15)16)17-7-5-6-7/h2-4,7H,5-6H2,1H3,(H,12,14). The molecule has 0 radical (unpaired) electrons. The van der Waals surface area contributed by atoms with E-state index in [1.54, 1.807) is 6.07 Å². The number of carbonyl (C=O) groups is 1. The average molecular weight is 236 g/mol. The van der Waals surface area contributed by atoms with Crippen LogP contribution in [0, 0.1) is 10.1 Å². The minimum absolute atomic E-state index is 0.0238. The zero-order chi connectivity index (χ0) is 12.4. The van der Waals surface area contributed by atoms with Gasteiger partial charge in [-0.3, -0.25) is 14.9 Å². The number of amides is 1. The maximum Gasteiger partial charge on any atom is 0.323 e. The molecule has 0 spiro atoms. The Kier molecular flexibility index (Phi) is 2.95. The van der Waals surface area contributed by atoms with Gasteiger partial charge in [0.15, 0.2) is 5.75 Å². The molecule has 0 atom stereocenters. The zero-order valence-electron chi connectivity index (χ0n) is 9.30. The highest BCUT2D eigenvalue weighted by Crippen LogP contribution is 2.35. The van der Waals surface area contributed by atoms with E-state index in [1.807, 2.05) is 0 Å². The summed E-state index contributed by atoms with van der Waals surface area (Å²) >= 11 is 0. The van der Waals surface area contributed by atoms with Crippen molar-refractivity contribution in [2.45, 2.75) is 18.9 Å². The summed E-state index contributed by atoms with van der Waals surface area (Å²) in [4.78, 5) is 22.0. The van der Waals surface area contributed by atoms with Gasteiger partial charge in [-0.15, -0.1) is 0 Å². The van der Waals surface area contributed by atoms with Crippen LogP contribution in [0.5, 0.6) is 5.75 Å². The van der Waals surface area contributed by atoms with Crippen LogP contribution < -0.4 is 10.1 Å². The molecule has 1 saturated carbocycles. The van der Waals surface area contributed by atoms with Gasteiger partial charge in [0, 0.05) is 7.05 Å². The summed E-state index contributed by atoms with van der Waals surface area (Å²) in [6, 6.07) is 4.51. The Labute approximate surface area is 97.7 Å². The van der Waals surface area contributed by atoms with Gasteiger partial charge in [-0.05, 0) is 25.0 Å². The van der Waals surface area contributed by atoms with Crippen LogP contribution in [0.1, 0.15) is 23.2 Å². The molecule has 0 saturated heterocycles. The van der Waals surface area contributed by atoms with Crippen LogP contribution in [0.3, 0.4) is 0 Å². The molecule has 1 amide bonds. The lowest BCUT2D eigenvalue weighted by Crippen LogP contribution is -2.19. The molecule has 0 aromatic heterocycles. The number of benzene rings is 1. The Morgan fingerprint density at radius 3 is 2.76 bits per heavy atom. The number of hydrogen-bond donors (Lipinski definition) is 1. The van der Waals surface area contributed by atoms with E-state index in [2.05, 4.69) is 5.32 Å². The van der Waals surface area contributed by atoms with Crippen molar-refractivity contribution >= 4 is 11.6 Å². The van der Waals surface area contributed by atoms with E-state index in [4.69, 9.17) is 4.74 Å². The van der Waals surface area contributed by atoms with E-state index in [-0.39, 0.29) is 23.1 Å². The van der Waals surface area contributed by atoms with Crippen molar-refractivity contribution in [2.24, 2.45) is 0 Å². The first-order valence-corrected chi connectivity index (χ1v) is 5.29. The molecular weight excluding hydrogens is 224 g/mol. The van der Waals surface area contributed by atoms with Crippen molar-refractivity contribution in [3.05, 3.63) is 33.9 Å². The fourth-order valence-electron chi connectivity index (χ4n) is 1.49. The highest BCUT2D eigenvalue weighted by molar-refractivity contribution is 5.99. The Morgan fingerprint density at radius 1 is 1.53 bits per heavy atom. The van der Waals surface area contributed by atoms with E-state index in [9.17, 15) is 14.9 Å². The number of nitro benzene ring substituents is 1. The zero-order valence-corrected chi connectivity index (χ0v) is 9.30. The van der Waals surface area contributed by atoms with Crippen molar-refractivity contribution in [1.82, 2.24) is 5.32 Å². The van der Waals surface area contributed by atoms with Gasteiger partial charge in [0.05, 0.1) is 11.0 Å². The topological polar surface area (TPSA) is 81.5 Å². The van der Waals surface area contributed by atoms with E-state index < -0.39 is 10.8 Å². The second-order valence-corrected chi connectivity index (χ2v) is 3.81. The SMILES string of the molecule is CNC(=O)c1cccc(OC2CC2)c1[N+](=O)[O-]. The summed E-state index contributed by atoms with van der Waals surface area (Å²) in [6.45, 7) is 0. The lowest BCUT2D eigenvalue weighted by atomic mass is 10.1. The summed E-state index contributed by atoms with van der Waals surface area (Å²) in [7, 11) is 1.43. The molecule has 0 aliphatic heterocycles. The van der Waals surface area contributed by atoms with Gasteiger partial charge in [-0.25, -0.2) is 0 Å². The molecular formula is C11H12N2O4. The van der Waals surface area contributed by atoms with Gasteiger partial charge in [0.25, 0.3) is 5.91 Å². The van der Waals surface area contributed by atoms with Crippen LogP contribution in [0.25, 0.3) is 0 Å². The third-order valence-electron chi connectivity index (χ3n) is 2.47. The number of nitrogens with one attached hydrogen (secondary N) is 1. The molecule has 6 heteroatoms. The van der Waals surface area contributed by atoms with Gasteiger partial charge >= 0.3 is 5.69 Å². The Morgan fingerprint density at radius 2 is 2.24 bits per heavy atom. The second kappa shape index (κ2) is 4.40. The van der Waals surface area contributed by atoms with Gasteiger partial charge in [0.1, 0.15) is 5.56 Å². The Hall–Kier alpha value is -2.11. The van der Waals surface area contributed by atoms with Crippen LogP contribution in [0.15, 0.2) is 18.2 Å². The molecule has 1 aromatic rings. The number of nitro groups is 1. The van der Waals surface area contributed by atoms with E-state index in [0.29, 0.717) is 0 Å². The van der Waals surface area contributed by atoms with Gasteiger partial charge in [-0.1, -0.05) is 6.07 Å². The van der Waals surface area contributed by atoms with E-state index in [1.165, 1.54) is 19.2 Å². The number of nitrogens with zero attached hydrogens (tertiary/aromatic N) is 1. The molecule has 0 heterocycles. The van der Waals surface area contributed by atoms with Crippen molar-refractivity contribution in [3.8, 4) is 5.75 Å². The molecule has 0 unspecified atom stereocenters. The summed E-state index contributed by atoms with van der Waals surface area (Å²) in [5, 5.41) is 13.4. The van der Waals surface area contributed by atoms with Gasteiger partial charge < -0.3 is 10.1 Å². The molecule has 0 bridgehead atoms. The highest BCUT2D eigenvalue weighted by Gasteiger charge is 2.30. The fourth-order valence-corrected chi connectivity index (χ4v) is 1.49. The van der Waals surface area contributed by atoms with Crippen molar-refractivity contribution in [2.75, 3.05) is 7.05 Å². The molecule has 1 N–H and O–H groups in total. The summed E-state index contributed by atoms with van der Waals surface area (Å²) in [5.41, 5.74) is -0.241. The molecule has 1 aliphatic carbocycles. The predicted molar refractivity (Wildman–Crippen MR) is 60.1 cm³/mol. The summed E-state index contributed by atoms with van der Waals surface area (Å²) < 4.78 is 5.43. The van der Waals surface area contributed by atoms with Gasteiger partial charge in [0.2, 0.25) is 0 Å². The first-order valence-electron chi connectivity index (χ1n) is 5.29. The van der Waals surface area contributed by atoms with Crippen molar-refractivity contribution in [1.29, 1.82) is 0 Å². The first kappa shape index (κ1) is 11.4. The molecule has 1 aromatic carbocycles. The predicted octanol–water partition coefficient (Wildman–Crippen LogP) is 1.50. The number of rotatable bonds is 4. The van der Waals surface area contributed by atoms with E-state index >= 15 is 0 Å². The van der Waals surface area contributed by atoms with E-state index in [0.717, 1.165) is 12.8 Å². The minimum atomic E-state index is -0.581. The van der Waals surface area contributed by atoms with Crippen LogP contribution >= 0.6 is 0 Å². The molecule has 1 fully saturated rings. The molecule has 6 nitrogen and oxygen atoms in total. The van der Waals surface area contributed by atoms with Crippen LogP contribution in [-0.4, -0.2) is 24.0 Å². The molecule has 2 rings (SSSR count). The number of carbonyl (C=O) groups excluding carboxylic acids is 1. The highest BCUT2D eigenvalue weighted by atomic mass is 16.6. The quantitative estimate of drug-likeness (QED) is 0.634. The fraction of sp³-hybridized carbons (Fsp3) is 0.364. The second-order valence-electron chi connectivity index (χ2n) is 3.81. The average Bonchev–Trinajstić information content (AvgIpc) is 3.11. The van der Waals surface area contributed by atoms with Crippen LogP contribution in [0.4, 0.5) is 5.69 Å². The number of ether oxygens (including phenoxy) is 1. The molecule has 17 heavy (non-hydrogen) atoms. The molecule has 1 aliphatic rings. The minimum Gasteiger partial charge on any atom is -0.483 e. The maximum atomic E-state index is 11.5. The lowest BCUT2D eigenvalue weighted by molar-refractivity contribution is -0.386. The monoisotopic (exact) mass is 236 g/mol. The molecule has 90 valence electrons. The van der Waals surface area contributed by atoms with Crippen molar-refractivity contribution < 1.29 is 14.5 Å². The summed E-state index contributed by atoms with van der Waals surface area (Å²) in [6.07, 6.45) is 1.86. The summed E-state index contributed by atoms with van der Waals surface area (Å²) in [5.74, 6) is -0.323. The van der Waals surface area contributed by atoms with Crippen LogP contribution in [0.2, 0.25) is 0 Å². The van der Waals surface area contributed by atoms with Crippen molar-refractivity contribution in [3.63, 3.8) is 0 Å². The third-order valence-corrected chi connectivity index (χ3v) is 2.47. The smallest absolute Gasteiger partial charge is 0.323 e. The normalized spacial score (nSPS) is 14.2. The first-order chi connectivity index (χ1) is 8.13. The largest absolute Gasteiger partial charge is 0.483 e. The number of hydrogen-bond acceptors (Lipinski definition) is 4. The Balaban J connectivity index is 2.43. The lowest BCUT2D eigenvalue weighted by Gasteiger charge is -2.07. The third kappa shape index (κ3) is 2.35. The number of para-hydroxylation sites is 1. The van der Waals surface area contributed by atoms with Gasteiger partial charge in [-0.2, -0.15) is 0 Å². The Bertz CT molecular complexity index is 469.